The molecule has 19 heavy (non-hydrogen) atoms. The van der Waals surface area contributed by atoms with Gasteiger partial charge in [0.05, 0.1) is 12.6 Å². The first kappa shape index (κ1) is 14.5. The van der Waals surface area contributed by atoms with Gasteiger partial charge in [-0.15, -0.1) is 0 Å². The van der Waals surface area contributed by atoms with Gasteiger partial charge in [0.1, 0.15) is 5.76 Å². The maximum Gasteiger partial charge on any atom is 0.271 e. The van der Waals surface area contributed by atoms with Crippen LogP contribution in [-0.4, -0.2) is 27.7 Å². The van der Waals surface area contributed by atoms with Crippen LogP contribution in [0.15, 0.2) is 21.6 Å². The largest absolute Gasteiger partial charge is 0.447 e. The quantitative estimate of drug-likeness (QED) is 0.808. The van der Waals surface area contributed by atoms with E-state index in [0.717, 1.165) is 26.0 Å². The average molecular weight is 288 g/mol. The third kappa shape index (κ3) is 3.79. The zero-order valence-electron chi connectivity index (χ0n) is 11.0. The monoisotopic (exact) mass is 288 g/mol. The Morgan fingerprint density at radius 2 is 2.26 bits per heavy atom. The lowest BCUT2D eigenvalue weighted by atomic mass is 10.00. The van der Waals surface area contributed by atoms with Crippen LogP contribution in [0.5, 0.6) is 0 Å². The number of nitrogens with one attached hydrogen (secondary N) is 1. The van der Waals surface area contributed by atoms with Crippen LogP contribution in [0.3, 0.4) is 0 Å². The molecule has 108 valence electrons. The van der Waals surface area contributed by atoms with Gasteiger partial charge in [-0.25, -0.2) is 13.6 Å². The van der Waals surface area contributed by atoms with Gasteiger partial charge in [-0.2, -0.15) is 0 Å². The second-order valence-corrected chi connectivity index (χ2v) is 6.26. The minimum Gasteiger partial charge on any atom is -0.447 e. The van der Waals surface area contributed by atoms with Crippen molar-refractivity contribution in [3.05, 3.63) is 17.9 Å². The Morgan fingerprint density at radius 1 is 1.47 bits per heavy atom. The van der Waals surface area contributed by atoms with Gasteiger partial charge >= 0.3 is 0 Å². The highest BCUT2D eigenvalue weighted by Crippen LogP contribution is 2.22. The second kappa shape index (κ2) is 6.04. The zero-order chi connectivity index (χ0) is 13.9. The lowest BCUT2D eigenvalue weighted by molar-refractivity contribution is 0.0871. The minimum atomic E-state index is -3.75. The maximum absolute atomic E-state index is 11.1. The van der Waals surface area contributed by atoms with Crippen molar-refractivity contribution in [3.8, 4) is 0 Å². The van der Waals surface area contributed by atoms with E-state index < -0.39 is 10.0 Å². The Labute approximate surface area is 113 Å². The molecule has 2 heterocycles. The molecule has 0 aliphatic carbocycles. The fourth-order valence-electron chi connectivity index (χ4n) is 2.36. The fourth-order valence-corrected chi connectivity index (χ4v) is 2.85. The smallest absolute Gasteiger partial charge is 0.271 e. The van der Waals surface area contributed by atoms with Crippen molar-refractivity contribution in [2.45, 2.75) is 37.5 Å². The van der Waals surface area contributed by atoms with Gasteiger partial charge in [-0.1, -0.05) is 6.92 Å². The summed E-state index contributed by atoms with van der Waals surface area (Å²) in [7, 11) is -3.75. The summed E-state index contributed by atoms with van der Waals surface area (Å²) in [5.74, 6) is 1.08. The van der Waals surface area contributed by atoms with Crippen LogP contribution in [0, 0.1) is 5.92 Å². The summed E-state index contributed by atoms with van der Waals surface area (Å²) in [5, 5.41) is 8.04. The summed E-state index contributed by atoms with van der Waals surface area (Å²) < 4.78 is 32.9. The van der Waals surface area contributed by atoms with Gasteiger partial charge < -0.3 is 14.5 Å². The highest BCUT2D eigenvalue weighted by Gasteiger charge is 2.26. The molecule has 3 N–H and O–H groups in total. The molecule has 7 heteroatoms. The van der Waals surface area contributed by atoms with Gasteiger partial charge in [0.15, 0.2) is 0 Å². The van der Waals surface area contributed by atoms with Crippen LogP contribution in [0.1, 0.15) is 25.5 Å². The molecule has 1 saturated heterocycles. The Bertz CT molecular complexity index is 512. The van der Waals surface area contributed by atoms with Gasteiger partial charge in [0, 0.05) is 13.2 Å². The van der Waals surface area contributed by atoms with Crippen LogP contribution >= 0.6 is 0 Å². The molecule has 0 saturated carbocycles. The van der Waals surface area contributed by atoms with Crippen molar-refractivity contribution < 1.29 is 17.6 Å². The molecule has 1 aromatic rings. The van der Waals surface area contributed by atoms with Crippen LogP contribution in [0.25, 0.3) is 0 Å². The molecule has 1 aliphatic heterocycles. The third-order valence-electron chi connectivity index (χ3n) is 3.37. The lowest BCUT2D eigenvalue weighted by Crippen LogP contribution is -2.27. The molecule has 2 rings (SSSR count). The van der Waals surface area contributed by atoms with Crippen molar-refractivity contribution in [3.63, 3.8) is 0 Å². The van der Waals surface area contributed by atoms with E-state index in [1.807, 2.05) is 0 Å². The molecule has 0 amide bonds. The Kier molecular flexibility index (Phi) is 4.62. The number of furan rings is 1. The summed E-state index contributed by atoms with van der Waals surface area (Å²) in [6.07, 6.45) is 2.40. The number of hydrogen-bond acceptors (Lipinski definition) is 5. The van der Waals surface area contributed by atoms with E-state index in [2.05, 4.69) is 12.2 Å². The highest BCUT2D eigenvalue weighted by atomic mass is 32.2. The first-order chi connectivity index (χ1) is 9.00. The predicted molar refractivity (Wildman–Crippen MR) is 69.9 cm³/mol. The van der Waals surface area contributed by atoms with E-state index >= 15 is 0 Å². The fraction of sp³-hybridized carbons (Fsp3) is 0.667. The van der Waals surface area contributed by atoms with Crippen LogP contribution in [0.4, 0.5) is 0 Å². The van der Waals surface area contributed by atoms with Crippen LogP contribution in [-0.2, 0) is 21.3 Å². The van der Waals surface area contributed by atoms with Gasteiger partial charge in [-0.05, 0) is 30.9 Å². The average Bonchev–Trinajstić information content (AvgIpc) is 2.96. The molecule has 6 nitrogen and oxygen atoms in total. The van der Waals surface area contributed by atoms with E-state index in [1.165, 1.54) is 6.07 Å². The van der Waals surface area contributed by atoms with Crippen molar-refractivity contribution >= 4 is 10.0 Å². The standard InChI is InChI=1S/C12H20N2O4S/c1-2-11-9(5-6-17-11)7-14-8-10-3-4-12(18-10)19(13,15)16/h3-4,9,11,14H,2,5-8H2,1H3,(H2,13,15,16). The topological polar surface area (TPSA) is 94.6 Å². The van der Waals surface area contributed by atoms with Gasteiger partial charge in [0.25, 0.3) is 10.0 Å². The molecule has 2 atom stereocenters. The number of sulfonamides is 1. The molecule has 0 aromatic carbocycles. The van der Waals surface area contributed by atoms with E-state index in [9.17, 15) is 8.42 Å². The normalized spacial score (nSPS) is 23.9. The van der Waals surface area contributed by atoms with Gasteiger partial charge in [-0.3, -0.25) is 0 Å². The number of rotatable bonds is 6. The molecule has 1 aromatic heterocycles. The lowest BCUT2D eigenvalue weighted by Gasteiger charge is -2.16. The van der Waals surface area contributed by atoms with E-state index in [1.54, 1.807) is 6.07 Å². The zero-order valence-corrected chi connectivity index (χ0v) is 11.8. The first-order valence-electron chi connectivity index (χ1n) is 6.44. The molecular formula is C12H20N2O4S. The summed E-state index contributed by atoms with van der Waals surface area (Å²) in [4.78, 5) is 0. The summed E-state index contributed by atoms with van der Waals surface area (Å²) in [5.41, 5.74) is 0. The van der Waals surface area contributed by atoms with E-state index in [0.29, 0.717) is 24.3 Å². The van der Waals surface area contributed by atoms with Gasteiger partial charge in [0.2, 0.25) is 5.09 Å². The summed E-state index contributed by atoms with van der Waals surface area (Å²) in [6, 6.07) is 3.00. The van der Waals surface area contributed by atoms with E-state index in [-0.39, 0.29) is 5.09 Å². The third-order valence-corrected chi connectivity index (χ3v) is 4.15. The predicted octanol–water partition coefficient (Wildman–Crippen LogP) is 0.832. The number of hydrogen-bond donors (Lipinski definition) is 2. The summed E-state index contributed by atoms with van der Waals surface area (Å²) in [6.45, 7) is 4.27. The molecule has 1 fully saturated rings. The number of nitrogens with two attached hydrogens (primary N) is 1. The molecule has 0 bridgehead atoms. The second-order valence-electron chi connectivity index (χ2n) is 4.76. The Balaban J connectivity index is 1.81. The summed E-state index contributed by atoms with van der Waals surface area (Å²) >= 11 is 0. The van der Waals surface area contributed by atoms with E-state index in [4.69, 9.17) is 14.3 Å². The molecule has 2 unspecified atom stereocenters. The SMILES string of the molecule is CCC1OCCC1CNCc1ccc(S(N)(=O)=O)o1. The highest BCUT2D eigenvalue weighted by molar-refractivity contribution is 7.89. The number of primary sulfonamides is 1. The number of ether oxygens (including phenoxy) is 1. The Hall–Kier alpha value is -0.890. The molecule has 0 spiro atoms. The van der Waals surface area contributed by atoms with Crippen molar-refractivity contribution in [2.75, 3.05) is 13.2 Å². The van der Waals surface area contributed by atoms with Crippen LogP contribution < -0.4 is 10.5 Å². The maximum atomic E-state index is 11.1. The first-order valence-corrected chi connectivity index (χ1v) is 7.99. The van der Waals surface area contributed by atoms with Crippen molar-refractivity contribution in [2.24, 2.45) is 11.1 Å². The minimum absolute atomic E-state index is 0.195. The molecular weight excluding hydrogens is 268 g/mol. The Morgan fingerprint density at radius 3 is 2.89 bits per heavy atom. The van der Waals surface area contributed by atoms with Crippen LogP contribution in [0.2, 0.25) is 0 Å². The van der Waals surface area contributed by atoms with Crippen molar-refractivity contribution in [1.82, 2.24) is 5.32 Å². The molecule has 1 aliphatic rings. The van der Waals surface area contributed by atoms with Crippen molar-refractivity contribution in [1.29, 1.82) is 0 Å². The molecule has 0 radical (unpaired) electrons.